The molecule has 30 heavy (non-hydrogen) atoms. The molecule has 0 spiro atoms. The van der Waals surface area contributed by atoms with E-state index in [0.717, 1.165) is 30.7 Å². The van der Waals surface area contributed by atoms with E-state index >= 15 is 0 Å². The van der Waals surface area contributed by atoms with Gasteiger partial charge in [0.05, 0.1) is 5.69 Å². The monoisotopic (exact) mass is 401 g/mol. The van der Waals surface area contributed by atoms with Crippen LogP contribution >= 0.6 is 0 Å². The first-order valence-corrected chi connectivity index (χ1v) is 11.1. The number of carbonyl (C=O) groups is 1. The standard InChI is InChI=1S/C26H31N3O/c1-25(2)14-20-15-26(3,17-25)18-29(20)24(30)13-21(19-9-5-4-6-10-19)22-16-27-23-11-7-8-12-28(22)23/h4-12,16,20-21H,13-15,17-18H2,1-3H3. The summed E-state index contributed by atoms with van der Waals surface area (Å²) in [5, 5.41) is 0. The number of aromatic nitrogens is 2. The molecule has 1 saturated carbocycles. The SMILES string of the molecule is CC1(C)CC2CC(C)(CN2C(=O)CC(c2ccccc2)c2cnc3ccccn23)C1. The number of rotatable bonds is 4. The Morgan fingerprint density at radius 3 is 2.67 bits per heavy atom. The van der Waals surface area contributed by atoms with Crippen molar-refractivity contribution in [3.8, 4) is 0 Å². The van der Waals surface area contributed by atoms with E-state index in [1.54, 1.807) is 0 Å². The zero-order valence-corrected chi connectivity index (χ0v) is 18.2. The smallest absolute Gasteiger partial charge is 0.223 e. The maximum absolute atomic E-state index is 13.7. The highest BCUT2D eigenvalue weighted by molar-refractivity contribution is 5.78. The number of carbonyl (C=O) groups excluding carboxylic acids is 1. The minimum absolute atomic E-state index is 0.00244. The Labute approximate surface area is 178 Å². The third-order valence-corrected chi connectivity index (χ3v) is 7.12. The second-order valence-corrected chi connectivity index (χ2v) is 10.5. The van der Waals surface area contributed by atoms with Gasteiger partial charge in [-0.25, -0.2) is 4.98 Å². The van der Waals surface area contributed by atoms with Crippen LogP contribution < -0.4 is 0 Å². The zero-order chi connectivity index (χ0) is 20.9. The quantitative estimate of drug-likeness (QED) is 0.596. The highest BCUT2D eigenvalue weighted by Crippen LogP contribution is 2.52. The van der Waals surface area contributed by atoms with Gasteiger partial charge in [-0.3, -0.25) is 4.79 Å². The van der Waals surface area contributed by atoms with E-state index in [-0.39, 0.29) is 17.2 Å². The van der Waals surface area contributed by atoms with Crippen LogP contribution in [-0.4, -0.2) is 32.8 Å². The van der Waals surface area contributed by atoms with Crippen LogP contribution in [0.4, 0.5) is 0 Å². The van der Waals surface area contributed by atoms with E-state index < -0.39 is 0 Å². The Kier molecular flexibility index (Phi) is 4.49. The largest absolute Gasteiger partial charge is 0.339 e. The minimum atomic E-state index is -0.00244. The summed E-state index contributed by atoms with van der Waals surface area (Å²) in [5.41, 5.74) is 3.75. The van der Waals surface area contributed by atoms with Crippen molar-refractivity contribution in [1.29, 1.82) is 0 Å². The predicted octanol–water partition coefficient (Wildman–Crippen LogP) is 5.28. The van der Waals surface area contributed by atoms with E-state index in [9.17, 15) is 4.79 Å². The Balaban J connectivity index is 1.47. The molecule has 1 aliphatic carbocycles. The number of benzene rings is 1. The number of nitrogens with zero attached hydrogens (tertiary/aromatic N) is 3. The molecule has 1 aromatic carbocycles. The van der Waals surface area contributed by atoms with Gasteiger partial charge in [-0.1, -0.05) is 57.2 Å². The van der Waals surface area contributed by atoms with Crippen molar-refractivity contribution in [2.75, 3.05) is 6.54 Å². The molecule has 156 valence electrons. The van der Waals surface area contributed by atoms with Crippen LogP contribution in [0.25, 0.3) is 5.65 Å². The summed E-state index contributed by atoms with van der Waals surface area (Å²) < 4.78 is 2.12. The summed E-state index contributed by atoms with van der Waals surface area (Å²) in [5.74, 6) is 0.276. The fourth-order valence-corrected chi connectivity index (χ4v) is 6.33. The van der Waals surface area contributed by atoms with Gasteiger partial charge in [0.25, 0.3) is 0 Å². The number of amides is 1. The molecule has 0 N–H and O–H groups in total. The minimum Gasteiger partial charge on any atom is -0.339 e. The normalized spacial score (nSPS) is 26.1. The molecule has 3 aromatic rings. The highest BCUT2D eigenvalue weighted by Gasteiger charge is 2.51. The Hall–Kier alpha value is -2.62. The molecule has 4 heteroatoms. The molecule has 4 nitrogen and oxygen atoms in total. The molecule has 2 aromatic heterocycles. The molecule has 2 fully saturated rings. The lowest BCUT2D eigenvalue weighted by molar-refractivity contribution is -0.132. The van der Waals surface area contributed by atoms with Gasteiger partial charge < -0.3 is 9.30 Å². The number of hydrogen-bond acceptors (Lipinski definition) is 2. The topological polar surface area (TPSA) is 37.6 Å². The number of imidazole rings is 1. The van der Waals surface area contributed by atoms with Gasteiger partial charge in [-0.05, 0) is 47.8 Å². The lowest BCUT2D eigenvalue weighted by Gasteiger charge is -2.39. The summed E-state index contributed by atoms with van der Waals surface area (Å²) in [4.78, 5) is 20.4. The lowest BCUT2D eigenvalue weighted by atomic mass is 9.65. The van der Waals surface area contributed by atoms with Crippen LogP contribution in [0, 0.1) is 10.8 Å². The molecule has 1 aliphatic heterocycles. The number of fused-ring (bicyclic) bond motifs is 3. The van der Waals surface area contributed by atoms with Crippen LogP contribution in [0.5, 0.6) is 0 Å². The molecule has 1 amide bonds. The molecule has 1 saturated heterocycles. The molecule has 2 bridgehead atoms. The summed E-state index contributed by atoms with van der Waals surface area (Å²) in [6, 6.07) is 16.8. The summed E-state index contributed by atoms with van der Waals surface area (Å²) >= 11 is 0. The first-order valence-electron chi connectivity index (χ1n) is 11.1. The maximum atomic E-state index is 13.7. The van der Waals surface area contributed by atoms with Crippen LogP contribution in [0.2, 0.25) is 0 Å². The number of likely N-dealkylation sites (tertiary alicyclic amines) is 1. The van der Waals surface area contributed by atoms with Gasteiger partial charge >= 0.3 is 0 Å². The van der Waals surface area contributed by atoms with Crippen molar-refractivity contribution in [1.82, 2.24) is 14.3 Å². The van der Waals surface area contributed by atoms with Gasteiger partial charge in [0.1, 0.15) is 5.65 Å². The Bertz CT molecular complexity index is 1070. The fourth-order valence-electron chi connectivity index (χ4n) is 6.33. The van der Waals surface area contributed by atoms with Crippen LogP contribution in [0.1, 0.15) is 63.6 Å². The number of pyridine rings is 1. The molecule has 3 unspecified atom stereocenters. The lowest BCUT2D eigenvalue weighted by Crippen LogP contribution is -2.38. The van der Waals surface area contributed by atoms with Crippen LogP contribution in [-0.2, 0) is 4.79 Å². The Morgan fingerprint density at radius 2 is 1.87 bits per heavy atom. The second kappa shape index (κ2) is 6.97. The van der Waals surface area contributed by atoms with Crippen LogP contribution in [0.15, 0.2) is 60.9 Å². The van der Waals surface area contributed by atoms with Crippen molar-refractivity contribution >= 4 is 11.6 Å². The van der Waals surface area contributed by atoms with Crippen LogP contribution in [0.3, 0.4) is 0 Å². The molecule has 3 heterocycles. The predicted molar refractivity (Wildman–Crippen MR) is 119 cm³/mol. The third-order valence-electron chi connectivity index (χ3n) is 7.12. The summed E-state index contributed by atoms with van der Waals surface area (Å²) in [6.07, 6.45) is 7.93. The molecule has 0 radical (unpaired) electrons. The number of hydrogen-bond donors (Lipinski definition) is 0. The van der Waals surface area contributed by atoms with Gasteiger partial charge in [-0.15, -0.1) is 0 Å². The van der Waals surface area contributed by atoms with Crippen molar-refractivity contribution in [3.05, 3.63) is 72.2 Å². The van der Waals surface area contributed by atoms with Crippen molar-refractivity contribution in [2.45, 2.75) is 58.4 Å². The Morgan fingerprint density at radius 1 is 1.10 bits per heavy atom. The molecular formula is C26H31N3O. The van der Waals surface area contributed by atoms with Crippen molar-refractivity contribution in [3.63, 3.8) is 0 Å². The van der Waals surface area contributed by atoms with Crippen molar-refractivity contribution in [2.24, 2.45) is 10.8 Å². The van der Waals surface area contributed by atoms with Gasteiger partial charge in [0.15, 0.2) is 0 Å². The maximum Gasteiger partial charge on any atom is 0.223 e. The molecular weight excluding hydrogens is 370 g/mol. The third kappa shape index (κ3) is 3.42. The molecule has 5 rings (SSSR count). The van der Waals surface area contributed by atoms with Gasteiger partial charge in [0, 0.05) is 37.3 Å². The first kappa shape index (κ1) is 19.3. The van der Waals surface area contributed by atoms with E-state index in [1.807, 2.05) is 36.7 Å². The van der Waals surface area contributed by atoms with Gasteiger partial charge in [0.2, 0.25) is 5.91 Å². The highest BCUT2D eigenvalue weighted by atomic mass is 16.2. The van der Waals surface area contributed by atoms with E-state index in [0.29, 0.717) is 17.9 Å². The second-order valence-electron chi connectivity index (χ2n) is 10.5. The summed E-state index contributed by atoms with van der Waals surface area (Å²) in [7, 11) is 0. The van der Waals surface area contributed by atoms with E-state index in [4.69, 9.17) is 0 Å². The van der Waals surface area contributed by atoms with E-state index in [1.165, 1.54) is 12.0 Å². The zero-order valence-electron chi connectivity index (χ0n) is 18.2. The van der Waals surface area contributed by atoms with E-state index in [2.05, 4.69) is 59.3 Å². The average Bonchev–Trinajstić information content (AvgIpc) is 3.24. The molecule has 2 aliphatic rings. The van der Waals surface area contributed by atoms with Gasteiger partial charge in [-0.2, -0.15) is 0 Å². The first-order chi connectivity index (χ1) is 14.3. The molecule has 3 atom stereocenters. The van der Waals surface area contributed by atoms with Crippen molar-refractivity contribution < 1.29 is 4.79 Å². The average molecular weight is 402 g/mol. The summed E-state index contributed by atoms with van der Waals surface area (Å²) in [6.45, 7) is 7.98. The fraction of sp³-hybridized carbons (Fsp3) is 0.462.